The maximum Gasteiger partial charge on any atom is 0.247 e. The number of hydrogen-bond donors (Lipinski definition) is 2. The molecule has 236 valence electrons. The van der Waals surface area contributed by atoms with Crippen LogP contribution in [0.15, 0.2) is 61.4 Å². The average Bonchev–Trinajstić information content (AvgIpc) is 3.84. The van der Waals surface area contributed by atoms with Crippen LogP contribution in [-0.2, 0) is 14.4 Å². The summed E-state index contributed by atoms with van der Waals surface area (Å²) in [6.07, 6.45) is 7.25. The van der Waals surface area contributed by atoms with Crippen LogP contribution in [0.4, 0.5) is 28.7 Å². The summed E-state index contributed by atoms with van der Waals surface area (Å²) in [6.45, 7) is 7.88. The van der Waals surface area contributed by atoms with Crippen LogP contribution in [0.25, 0.3) is 0 Å². The number of carbonyl (C=O) groups excluding carboxylic acids is 1. The third-order valence-corrected chi connectivity index (χ3v) is 9.49. The predicted octanol–water partition coefficient (Wildman–Crippen LogP) is 5.33. The highest BCUT2D eigenvalue weighted by atomic mass is 35.5. The first kappa shape index (κ1) is 29.8. The fourth-order valence-electron chi connectivity index (χ4n) is 7.08. The minimum atomic E-state index is -0.280. The van der Waals surface area contributed by atoms with Gasteiger partial charge in [0.15, 0.2) is 5.82 Å². The van der Waals surface area contributed by atoms with Gasteiger partial charge in [-0.25, -0.2) is 15.0 Å². The lowest BCUT2D eigenvalue weighted by molar-refractivity contribution is -0.111. The third-order valence-electron chi connectivity index (χ3n) is 9.26. The lowest BCUT2D eigenvalue weighted by Crippen LogP contribution is -2.49. The van der Waals surface area contributed by atoms with Crippen LogP contribution < -0.4 is 25.3 Å². The number of ether oxygens (including phenoxy) is 2. The quantitative estimate of drug-likeness (QED) is 0.301. The summed E-state index contributed by atoms with van der Waals surface area (Å²) >= 11 is 6.27. The molecule has 4 fully saturated rings. The Morgan fingerprint density at radius 2 is 1.98 bits per heavy atom. The zero-order valence-corrected chi connectivity index (χ0v) is 26.1. The highest BCUT2D eigenvalue weighted by Gasteiger charge is 2.42. The molecule has 2 aromatic carbocycles. The van der Waals surface area contributed by atoms with Gasteiger partial charge >= 0.3 is 0 Å². The van der Waals surface area contributed by atoms with E-state index in [0.717, 1.165) is 63.2 Å². The fraction of sp³-hybridized carbons (Fsp3) is 0.424. The number of carbonyl (C=O) groups is 1. The van der Waals surface area contributed by atoms with Gasteiger partial charge in [0, 0.05) is 55.3 Å². The zero-order chi connectivity index (χ0) is 30.9. The van der Waals surface area contributed by atoms with Gasteiger partial charge in [-0.2, -0.15) is 0 Å². The van der Waals surface area contributed by atoms with E-state index in [1.54, 1.807) is 12.2 Å². The lowest BCUT2D eigenvalue weighted by atomic mass is 10.0. The number of amides is 1. The summed E-state index contributed by atoms with van der Waals surface area (Å²) in [5.74, 6) is 1.52. The molecule has 4 aliphatic rings. The number of aromatic nitrogens is 2. The first-order chi connectivity index (χ1) is 22.0. The van der Waals surface area contributed by atoms with Crippen molar-refractivity contribution in [1.29, 1.82) is 0 Å². The second-order valence-electron chi connectivity index (χ2n) is 11.9. The Bertz CT molecular complexity index is 1570. The van der Waals surface area contributed by atoms with E-state index < -0.39 is 0 Å². The minimum absolute atomic E-state index is 0.0286. The van der Waals surface area contributed by atoms with Gasteiger partial charge < -0.3 is 25.0 Å². The maximum atomic E-state index is 12.5. The van der Waals surface area contributed by atoms with Crippen LogP contribution in [0.5, 0.6) is 5.75 Å². The number of nitrogens with one attached hydrogen (secondary N) is 2. The Morgan fingerprint density at radius 1 is 1.11 bits per heavy atom. The highest BCUT2D eigenvalue weighted by molar-refractivity contribution is 6.30. The van der Waals surface area contributed by atoms with E-state index in [2.05, 4.69) is 37.0 Å². The van der Waals surface area contributed by atoms with Crippen LogP contribution in [0.2, 0.25) is 5.02 Å². The van der Waals surface area contributed by atoms with Crippen molar-refractivity contribution >= 4 is 46.2 Å². The van der Waals surface area contributed by atoms with Gasteiger partial charge in [0.25, 0.3) is 0 Å². The Kier molecular flexibility index (Phi) is 8.50. The number of fused-ring (bicyclic) bond motifs is 2. The Balaban J connectivity index is 1.12. The van der Waals surface area contributed by atoms with Crippen LogP contribution in [-0.4, -0.2) is 78.9 Å². The number of rotatable bonds is 9. The van der Waals surface area contributed by atoms with E-state index >= 15 is 0 Å². The van der Waals surface area contributed by atoms with Crippen LogP contribution in [0, 0.1) is 0 Å². The predicted molar refractivity (Wildman–Crippen MR) is 174 cm³/mol. The molecule has 0 aliphatic carbocycles. The van der Waals surface area contributed by atoms with E-state index in [1.807, 2.05) is 42.5 Å². The van der Waals surface area contributed by atoms with Crippen LogP contribution in [0.1, 0.15) is 37.3 Å². The van der Waals surface area contributed by atoms with Crippen molar-refractivity contribution in [1.82, 2.24) is 14.9 Å². The van der Waals surface area contributed by atoms with Gasteiger partial charge in [0.05, 0.1) is 49.5 Å². The number of benzene rings is 2. The van der Waals surface area contributed by atoms with E-state index in [0.29, 0.717) is 58.6 Å². The second-order valence-corrected chi connectivity index (χ2v) is 12.4. The molecule has 4 saturated heterocycles. The summed E-state index contributed by atoms with van der Waals surface area (Å²) in [6, 6.07) is 14.6. The summed E-state index contributed by atoms with van der Waals surface area (Å²) in [7, 11) is 1.64. The van der Waals surface area contributed by atoms with E-state index in [-0.39, 0.29) is 11.9 Å². The molecule has 0 unspecified atom stereocenters. The first-order valence-corrected chi connectivity index (χ1v) is 15.9. The van der Waals surface area contributed by atoms with Crippen molar-refractivity contribution in [3.8, 4) is 5.75 Å². The SMILES string of the molecule is C=CC(=O)Nc1cc(Nc2cc(N3OCC[C@@H]3c3cccc(Cl)c3)ncn2)c(OC)cc1N1CCC(N2C[C@H]3C[C@@H]2CO3)CC1. The van der Waals surface area contributed by atoms with Crippen molar-refractivity contribution in [3.63, 3.8) is 0 Å². The molecule has 0 saturated carbocycles. The lowest BCUT2D eigenvalue weighted by Gasteiger charge is -2.41. The molecule has 3 atom stereocenters. The number of hydrogen-bond acceptors (Lipinski definition) is 10. The van der Waals surface area contributed by atoms with Crippen molar-refractivity contribution in [3.05, 3.63) is 72.0 Å². The number of piperidine rings is 1. The molecule has 3 aromatic rings. The molecule has 4 aliphatic heterocycles. The topological polar surface area (TPSA) is 104 Å². The number of anilines is 5. The molecule has 1 aromatic heterocycles. The number of methoxy groups -OCH3 is 1. The van der Waals surface area contributed by atoms with Gasteiger partial charge in [0.1, 0.15) is 17.9 Å². The van der Waals surface area contributed by atoms with Gasteiger partial charge in [-0.1, -0.05) is 30.3 Å². The number of likely N-dealkylation sites (tertiary alicyclic amines) is 1. The summed E-state index contributed by atoms with van der Waals surface area (Å²) in [5, 5.41) is 8.88. The zero-order valence-electron chi connectivity index (χ0n) is 25.3. The molecule has 11 nitrogen and oxygen atoms in total. The monoisotopic (exact) mass is 631 g/mol. The molecule has 2 N–H and O–H groups in total. The molecule has 45 heavy (non-hydrogen) atoms. The number of halogens is 1. The van der Waals surface area contributed by atoms with Crippen molar-refractivity contribution in [2.24, 2.45) is 0 Å². The second kappa shape index (κ2) is 12.8. The van der Waals surface area contributed by atoms with Gasteiger partial charge in [-0.15, -0.1) is 0 Å². The van der Waals surface area contributed by atoms with Crippen LogP contribution in [0.3, 0.4) is 0 Å². The molecular formula is C33H38ClN7O4. The highest BCUT2D eigenvalue weighted by Crippen LogP contribution is 2.41. The van der Waals surface area contributed by atoms with Crippen molar-refractivity contribution in [2.45, 2.75) is 49.9 Å². The molecule has 7 rings (SSSR count). The van der Waals surface area contributed by atoms with E-state index in [1.165, 1.54) is 12.4 Å². The molecule has 0 radical (unpaired) electrons. The number of morpholine rings is 1. The smallest absolute Gasteiger partial charge is 0.247 e. The number of nitrogens with zero attached hydrogens (tertiary/aromatic N) is 5. The third kappa shape index (κ3) is 6.17. The standard InChI is InChI=1S/C33H38ClN7O4/c1-3-33(42)38-26-15-27(30(43-2)16-29(26)39-10-7-23(8-11-39)40-18-25-14-24(40)19-44-25)37-31-17-32(36-20-35-31)41-28(9-12-45-41)21-5-4-6-22(34)13-21/h3-6,13,15-17,20,23-25,28H,1,7-12,14,18-19H2,2H3,(H,38,42)(H,35,36,37)/t24-,25-,28-/m1/s1. The van der Waals surface area contributed by atoms with Gasteiger partial charge in [-0.3, -0.25) is 14.5 Å². The molecule has 1 amide bonds. The molecular weight excluding hydrogens is 594 g/mol. The summed E-state index contributed by atoms with van der Waals surface area (Å²) in [5.41, 5.74) is 3.30. The maximum absolute atomic E-state index is 12.5. The van der Waals surface area contributed by atoms with E-state index in [9.17, 15) is 4.79 Å². The van der Waals surface area contributed by atoms with Crippen LogP contribution >= 0.6 is 11.6 Å². The largest absolute Gasteiger partial charge is 0.494 e. The minimum Gasteiger partial charge on any atom is -0.494 e. The Morgan fingerprint density at radius 3 is 2.71 bits per heavy atom. The Hall–Kier alpha value is -3.90. The van der Waals surface area contributed by atoms with E-state index in [4.69, 9.17) is 25.9 Å². The van der Waals surface area contributed by atoms with Crippen molar-refractivity contribution < 1.29 is 19.1 Å². The summed E-state index contributed by atoms with van der Waals surface area (Å²) < 4.78 is 11.7. The number of hydroxylamine groups is 1. The Labute approximate surface area is 268 Å². The first-order valence-electron chi connectivity index (χ1n) is 15.5. The summed E-state index contributed by atoms with van der Waals surface area (Å²) in [4.78, 5) is 32.5. The fourth-order valence-corrected chi connectivity index (χ4v) is 7.28. The van der Waals surface area contributed by atoms with Gasteiger partial charge in [0.2, 0.25) is 5.91 Å². The molecule has 12 heteroatoms. The normalized spacial score (nSPS) is 23.4. The van der Waals surface area contributed by atoms with Gasteiger partial charge in [-0.05, 0) is 49.1 Å². The molecule has 0 spiro atoms. The molecule has 5 heterocycles. The van der Waals surface area contributed by atoms with Crippen molar-refractivity contribution in [2.75, 3.05) is 60.6 Å². The molecule has 2 bridgehead atoms. The average molecular weight is 632 g/mol.